The molecular formula is C42H29N. The number of pyridine rings is 1. The Bertz CT molecular complexity index is 2390. The maximum Gasteiger partial charge on any atom is 0.0780 e. The molecule has 8 aromatic rings. The molecule has 1 aromatic heterocycles. The summed E-state index contributed by atoms with van der Waals surface area (Å²) in [7, 11) is 0. The molecule has 1 aliphatic rings. The van der Waals surface area contributed by atoms with Crippen molar-refractivity contribution >= 4 is 43.1 Å². The van der Waals surface area contributed by atoms with E-state index >= 15 is 0 Å². The third-order valence-electron chi connectivity index (χ3n) is 9.67. The van der Waals surface area contributed by atoms with E-state index in [1.54, 1.807) is 0 Å². The van der Waals surface area contributed by atoms with Crippen LogP contribution >= 0.6 is 0 Å². The molecule has 7 aromatic carbocycles. The zero-order valence-corrected chi connectivity index (χ0v) is 24.2. The average molecular weight is 548 g/mol. The van der Waals surface area contributed by atoms with Crippen molar-refractivity contribution in [1.29, 1.82) is 0 Å². The van der Waals surface area contributed by atoms with Crippen molar-refractivity contribution in [2.75, 3.05) is 0 Å². The molecule has 0 unspecified atom stereocenters. The minimum absolute atomic E-state index is 0.0782. The zero-order valence-electron chi connectivity index (χ0n) is 24.2. The van der Waals surface area contributed by atoms with Crippen LogP contribution in [0.1, 0.15) is 25.0 Å². The minimum atomic E-state index is -0.0782. The minimum Gasteiger partial charge on any atom is -0.255 e. The van der Waals surface area contributed by atoms with Crippen molar-refractivity contribution in [3.63, 3.8) is 0 Å². The molecule has 0 amide bonds. The van der Waals surface area contributed by atoms with Crippen LogP contribution in [0.25, 0.3) is 76.6 Å². The Morgan fingerprint density at radius 1 is 0.442 bits per heavy atom. The fourth-order valence-electron chi connectivity index (χ4n) is 7.73. The van der Waals surface area contributed by atoms with Gasteiger partial charge in [-0.25, -0.2) is 0 Å². The van der Waals surface area contributed by atoms with Gasteiger partial charge in [0.25, 0.3) is 0 Å². The van der Waals surface area contributed by atoms with E-state index in [2.05, 4.69) is 147 Å². The van der Waals surface area contributed by atoms with Crippen molar-refractivity contribution in [3.05, 3.63) is 151 Å². The second-order valence-electron chi connectivity index (χ2n) is 12.3. The van der Waals surface area contributed by atoms with Crippen LogP contribution in [-0.2, 0) is 5.41 Å². The van der Waals surface area contributed by atoms with E-state index in [0.717, 1.165) is 16.8 Å². The normalized spacial score (nSPS) is 13.5. The lowest BCUT2D eigenvalue weighted by atomic mass is 9.78. The molecule has 202 valence electrons. The molecule has 0 fully saturated rings. The third kappa shape index (κ3) is 3.37. The molecule has 0 saturated carbocycles. The summed E-state index contributed by atoms with van der Waals surface area (Å²) in [4.78, 5) is 5.09. The zero-order chi connectivity index (χ0) is 28.7. The fourth-order valence-corrected chi connectivity index (χ4v) is 7.73. The Balaban J connectivity index is 1.33. The van der Waals surface area contributed by atoms with Gasteiger partial charge in [-0.1, -0.05) is 141 Å². The van der Waals surface area contributed by atoms with Crippen molar-refractivity contribution in [1.82, 2.24) is 4.98 Å². The molecule has 0 bridgehead atoms. The summed E-state index contributed by atoms with van der Waals surface area (Å²) in [5.41, 5.74) is 10.0. The molecule has 1 heteroatoms. The number of hydrogen-bond acceptors (Lipinski definition) is 1. The molecule has 9 rings (SSSR count). The van der Waals surface area contributed by atoms with Crippen LogP contribution in [0.4, 0.5) is 0 Å². The summed E-state index contributed by atoms with van der Waals surface area (Å²) in [6, 6.07) is 48.8. The number of benzene rings is 7. The largest absolute Gasteiger partial charge is 0.255 e. The summed E-state index contributed by atoms with van der Waals surface area (Å²) in [5.74, 6) is 0. The first-order chi connectivity index (χ1) is 21.1. The van der Waals surface area contributed by atoms with Gasteiger partial charge in [-0.05, 0) is 71.6 Å². The Kier molecular flexibility index (Phi) is 5.02. The van der Waals surface area contributed by atoms with Crippen LogP contribution in [0.5, 0.6) is 0 Å². The van der Waals surface area contributed by atoms with Gasteiger partial charge in [-0.15, -0.1) is 0 Å². The lowest BCUT2D eigenvalue weighted by Crippen LogP contribution is -2.15. The first-order valence-electron chi connectivity index (χ1n) is 15.1. The molecule has 43 heavy (non-hydrogen) atoms. The topological polar surface area (TPSA) is 12.9 Å². The Hall–Kier alpha value is -5.27. The standard InChI is InChI=1S/C42H29N/c1-42(2)38-19-11-10-16-31(38)34-23-22-33-30-21-20-27(24-36(30)28-14-6-8-17-32(28)39(33)40(34)42)41-35-18-9-7-15-29(35)37(25-43-41)26-12-4-3-5-13-26/h3-25H,1-2H3. The van der Waals surface area contributed by atoms with Gasteiger partial charge in [0.15, 0.2) is 0 Å². The van der Waals surface area contributed by atoms with Crippen molar-refractivity contribution < 1.29 is 0 Å². The highest BCUT2D eigenvalue weighted by Gasteiger charge is 2.37. The van der Waals surface area contributed by atoms with Gasteiger partial charge < -0.3 is 0 Å². The van der Waals surface area contributed by atoms with E-state index in [1.807, 2.05) is 6.20 Å². The summed E-state index contributed by atoms with van der Waals surface area (Å²) in [5, 5.41) is 10.3. The van der Waals surface area contributed by atoms with Crippen LogP contribution in [0, 0.1) is 0 Å². The van der Waals surface area contributed by atoms with E-state index in [9.17, 15) is 0 Å². The molecule has 0 saturated heterocycles. The van der Waals surface area contributed by atoms with Crippen LogP contribution < -0.4 is 0 Å². The van der Waals surface area contributed by atoms with E-state index < -0.39 is 0 Å². The number of hydrogen-bond donors (Lipinski definition) is 0. The Morgan fingerprint density at radius 2 is 1.07 bits per heavy atom. The fraction of sp³-hybridized carbons (Fsp3) is 0.0714. The highest BCUT2D eigenvalue weighted by molar-refractivity contribution is 6.28. The Morgan fingerprint density at radius 3 is 1.91 bits per heavy atom. The smallest absolute Gasteiger partial charge is 0.0780 e. The predicted molar refractivity (Wildman–Crippen MR) is 183 cm³/mol. The molecule has 1 nitrogen and oxygen atoms in total. The molecule has 1 heterocycles. The van der Waals surface area contributed by atoms with Gasteiger partial charge in [0.1, 0.15) is 0 Å². The van der Waals surface area contributed by atoms with E-state index in [0.29, 0.717) is 0 Å². The molecule has 0 radical (unpaired) electrons. The predicted octanol–water partition coefficient (Wildman–Crippen LogP) is 11.3. The number of aromatic nitrogens is 1. The van der Waals surface area contributed by atoms with Crippen LogP contribution in [0.2, 0.25) is 0 Å². The lowest BCUT2D eigenvalue weighted by Gasteiger charge is -2.24. The van der Waals surface area contributed by atoms with Gasteiger partial charge >= 0.3 is 0 Å². The first kappa shape index (κ1) is 24.3. The quantitative estimate of drug-likeness (QED) is 0.196. The second-order valence-corrected chi connectivity index (χ2v) is 12.3. The lowest BCUT2D eigenvalue weighted by molar-refractivity contribution is 0.666. The van der Waals surface area contributed by atoms with Crippen LogP contribution in [0.3, 0.4) is 0 Å². The molecule has 0 atom stereocenters. The van der Waals surface area contributed by atoms with Gasteiger partial charge in [-0.2, -0.15) is 0 Å². The maximum absolute atomic E-state index is 5.09. The van der Waals surface area contributed by atoms with Gasteiger partial charge in [-0.3, -0.25) is 4.98 Å². The highest BCUT2D eigenvalue weighted by atomic mass is 14.7. The SMILES string of the molecule is CC1(C)c2ccccc2-c2ccc3c4ccc(-c5ncc(-c6ccccc6)c6ccccc56)cc4c4ccccc4c3c21. The average Bonchev–Trinajstić information content (AvgIpc) is 3.30. The number of rotatable bonds is 2. The monoisotopic (exact) mass is 547 g/mol. The summed E-state index contributed by atoms with van der Waals surface area (Å²) in [6.45, 7) is 4.77. The molecule has 0 spiro atoms. The maximum atomic E-state index is 5.09. The van der Waals surface area contributed by atoms with E-state index in [4.69, 9.17) is 4.98 Å². The van der Waals surface area contributed by atoms with Crippen molar-refractivity contribution in [2.24, 2.45) is 0 Å². The molecular weight excluding hydrogens is 518 g/mol. The first-order valence-corrected chi connectivity index (χ1v) is 15.1. The van der Waals surface area contributed by atoms with Gasteiger partial charge in [0.2, 0.25) is 0 Å². The van der Waals surface area contributed by atoms with Crippen molar-refractivity contribution in [2.45, 2.75) is 19.3 Å². The second kappa shape index (κ2) is 8.86. The number of nitrogens with zero attached hydrogens (tertiary/aromatic N) is 1. The molecule has 1 aliphatic carbocycles. The third-order valence-corrected chi connectivity index (χ3v) is 9.67. The van der Waals surface area contributed by atoms with Crippen LogP contribution in [-0.4, -0.2) is 4.98 Å². The van der Waals surface area contributed by atoms with E-state index in [1.165, 1.54) is 70.9 Å². The van der Waals surface area contributed by atoms with Gasteiger partial charge in [0, 0.05) is 28.1 Å². The summed E-state index contributed by atoms with van der Waals surface area (Å²) < 4.78 is 0. The molecule has 0 aliphatic heterocycles. The van der Waals surface area contributed by atoms with Crippen LogP contribution in [0.15, 0.2) is 140 Å². The van der Waals surface area contributed by atoms with E-state index in [-0.39, 0.29) is 5.41 Å². The molecule has 0 N–H and O–H groups in total. The van der Waals surface area contributed by atoms with Crippen molar-refractivity contribution in [3.8, 4) is 33.5 Å². The summed E-state index contributed by atoms with van der Waals surface area (Å²) >= 11 is 0. The Labute approximate surface area is 251 Å². The number of fused-ring (bicyclic) bond motifs is 11. The summed E-state index contributed by atoms with van der Waals surface area (Å²) in [6.07, 6.45) is 2.04. The highest BCUT2D eigenvalue weighted by Crippen LogP contribution is 2.53. The van der Waals surface area contributed by atoms with Gasteiger partial charge in [0.05, 0.1) is 5.69 Å².